The maximum atomic E-state index is 8.49. The van der Waals surface area contributed by atoms with E-state index in [2.05, 4.69) is 86.9 Å². The lowest BCUT2D eigenvalue weighted by Gasteiger charge is -2.17. The number of aromatic nitrogens is 1. The molecule has 0 radical (unpaired) electrons. The third-order valence-corrected chi connectivity index (χ3v) is 4.11. The molecule has 0 unspecified atom stereocenters. The van der Waals surface area contributed by atoms with Crippen LogP contribution in [0.5, 0.6) is 0 Å². The Morgan fingerprint density at radius 1 is 0.731 bits per heavy atom. The molecule has 1 heterocycles. The SMILES string of the molecule is Cc1cc(-c2ccc3cccccc2-3)cc(C)[n+]1C(C)C.[O-][Cl+3]([O-])([O-])[O-]. The molecule has 2 aliphatic carbocycles. The second-order valence-corrected chi connectivity index (χ2v) is 7.15. The molecule has 0 saturated heterocycles. The maximum Gasteiger partial charge on any atom is 0.179 e. The average molecular weight is 376 g/mol. The van der Waals surface area contributed by atoms with Gasteiger partial charge in [0.2, 0.25) is 0 Å². The molecular formula is C20H22ClNO4. The molecular weight excluding hydrogens is 354 g/mol. The third-order valence-electron chi connectivity index (χ3n) is 4.11. The molecule has 1 aromatic rings. The predicted molar refractivity (Wildman–Crippen MR) is 88.6 cm³/mol. The van der Waals surface area contributed by atoms with Gasteiger partial charge in [0.15, 0.2) is 17.4 Å². The Kier molecular flexibility index (Phi) is 6.34. The first-order valence-corrected chi connectivity index (χ1v) is 9.44. The maximum absolute atomic E-state index is 8.49. The summed E-state index contributed by atoms with van der Waals surface area (Å²) in [5, 5.41) is 0. The van der Waals surface area contributed by atoms with Crippen LogP contribution in [0.25, 0.3) is 22.3 Å². The van der Waals surface area contributed by atoms with Crippen LogP contribution in [0, 0.1) is 24.1 Å². The van der Waals surface area contributed by atoms with Crippen LogP contribution in [0.4, 0.5) is 0 Å². The summed E-state index contributed by atoms with van der Waals surface area (Å²) in [4.78, 5) is 0. The minimum absolute atomic E-state index is 0.494. The zero-order valence-electron chi connectivity index (χ0n) is 15.2. The van der Waals surface area contributed by atoms with Gasteiger partial charge < -0.3 is 0 Å². The molecule has 0 fully saturated rings. The molecule has 3 rings (SSSR count). The average Bonchev–Trinajstić information content (AvgIpc) is 2.73. The van der Waals surface area contributed by atoms with Crippen LogP contribution in [-0.4, -0.2) is 0 Å². The molecule has 0 bridgehead atoms. The summed E-state index contributed by atoms with van der Waals surface area (Å²) in [5.74, 6) is 0. The lowest BCUT2D eigenvalue weighted by atomic mass is 10.0. The van der Waals surface area contributed by atoms with Crippen LogP contribution in [0.1, 0.15) is 31.3 Å². The minimum Gasteiger partial charge on any atom is -0.222 e. The van der Waals surface area contributed by atoms with E-state index >= 15 is 0 Å². The lowest BCUT2D eigenvalue weighted by molar-refractivity contribution is -2.00. The zero-order valence-corrected chi connectivity index (χ0v) is 16.0. The van der Waals surface area contributed by atoms with Crippen molar-refractivity contribution in [1.29, 1.82) is 0 Å². The van der Waals surface area contributed by atoms with Crippen LogP contribution < -0.4 is 23.2 Å². The first-order chi connectivity index (χ1) is 12.1. The Labute approximate surface area is 155 Å². The van der Waals surface area contributed by atoms with Crippen molar-refractivity contribution in [2.75, 3.05) is 0 Å². The van der Waals surface area contributed by atoms with E-state index in [4.69, 9.17) is 18.6 Å². The second-order valence-electron chi connectivity index (χ2n) is 6.40. The molecule has 0 saturated carbocycles. The molecule has 0 aromatic carbocycles. The number of fused-ring (bicyclic) bond motifs is 1. The topological polar surface area (TPSA) is 96.1 Å². The zero-order chi connectivity index (χ0) is 19.5. The van der Waals surface area contributed by atoms with E-state index in [-0.39, 0.29) is 0 Å². The van der Waals surface area contributed by atoms with Crippen LogP contribution in [0.2, 0.25) is 0 Å². The van der Waals surface area contributed by atoms with Gasteiger partial charge in [0.1, 0.15) is 0 Å². The minimum atomic E-state index is -4.94. The van der Waals surface area contributed by atoms with Crippen molar-refractivity contribution in [3.05, 3.63) is 66.0 Å². The molecule has 5 nitrogen and oxygen atoms in total. The van der Waals surface area contributed by atoms with Crippen molar-refractivity contribution >= 4 is 0 Å². The Bertz CT molecular complexity index is 830. The van der Waals surface area contributed by atoms with Gasteiger partial charge in [-0.2, -0.15) is 4.57 Å². The predicted octanol–water partition coefficient (Wildman–Crippen LogP) is 0.188. The molecule has 0 amide bonds. The number of pyridine rings is 1. The molecule has 0 atom stereocenters. The molecule has 138 valence electrons. The normalized spacial score (nSPS) is 11.4. The van der Waals surface area contributed by atoms with E-state index in [1.807, 2.05) is 0 Å². The molecule has 1 aromatic heterocycles. The van der Waals surface area contributed by atoms with Gasteiger partial charge in [-0.3, -0.25) is 0 Å². The number of hydrogen-bond donors (Lipinski definition) is 0. The van der Waals surface area contributed by atoms with Gasteiger partial charge in [-0.1, -0.05) is 42.5 Å². The van der Waals surface area contributed by atoms with Gasteiger partial charge in [-0.05, 0) is 36.1 Å². The first kappa shape index (κ1) is 20.3. The highest BCUT2D eigenvalue weighted by Crippen LogP contribution is 2.35. The Morgan fingerprint density at radius 2 is 1.23 bits per heavy atom. The fourth-order valence-electron chi connectivity index (χ4n) is 3.35. The fourth-order valence-corrected chi connectivity index (χ4v) is 3.35. The molecule has 0 N–H and O–H groups in total. The van der Waals surface area contributed by atoms with Crippen molar-refractivity contribution < 1.29 is 33.4 Å². The summed E-state index contributed by atoms with van der Waals surface area (Å²) < 4.78 is 36.4. The largest absolute Gasteiger partial charge is 0.222 e. The van der Waals surface area contributed by atoms with E-state index in [1.54, 1.807) is 0 Å². The summed E-state index contributed by atoms with van der Waals surface area (Å²) in [6.45, 7) is 8.86. The standard InChI is InChI=1S/C20H22N.ClHO4/c1-14(2)21-15(3)12-18(13-16(21)4)20-11-10-17-8-6-5-7-9-19(17)20;2-1(3,4)5/h5-14H,1-4H3;(H,2,3,4,5)/q+1;/p-1. The Balaban J connectivity index is 0.000000431. The van der Waals surface area contributed by atoms with Gasteiger partial charge in [-0.25, -0.2) is 18.6 Å². The van der Waals surface area contributed by atoms with Gasteiger partial charge in [0, 0.05) is 26.0 Å². The molecule has 26 heavy (non-hydrogen) atoms. The van der Waals surface area contributed by atoms with Gasteiger partial charge in [0.25, 0.3) is 0 Å². The second kappa shape index (κ2) is 8.12. The smallest absolute Gasteiger partial charge is 0.179 e. The van der Waals surface area contributed by atoms with Crippen LogP contribution in [0.15, 0.2) is 54.6 Å². The third kappa shape index (κ3) is 5.24. The highest BCUT2D eigenvalue weighted by atomic mass is 35.7. The highest BCUT2D eigenvalue weighted by molar-refractivity contribution is 5.86. The summed E-state index contributed by atoms with van der Waals surface area (Å²) in [7, 11) is -4.94. The van der Waals surface area contributed by atoms with Gasteiger partial charge >= 0.3 is 0 Å². The van der Waals surface area contributed by atoms with E-state index in [0.717, 1.165) is 0 Å². The molecule has 0 aliphatic heterocycles. The van der Waals surface area contributed by atoms with Crippen molar-refractivity contribution in [1.82, 2.24) is 0 Å². The number of halogens is 1. The van der Waals surface area contributed by atoms with E-state index in [1.165, 1.54) is 33.6 Å². The molecule has 2 aliphatic rings. The monoisotopic (exact) mass is 375 g/mol. The molecule has 6 heteroatoms. The summed E-state index contributed by atoms with van der Waals surface area (Å²) in [5.41, 5.74) is 7.88. The van der Waals surface area contributed by atoms with Crippen molar-refractivity contribution in [3.8, 4) is 22.3 Å². The Hall–Kier alpha value is -2.02. The first-order valence-electron chi connectivity index (χ1n) is 8.20. The van der Waals surface area contributed by atoms with Crippen molar-refractivity contribution in [3.63, 3.8) is 0 Å². The van der Waals surface area contributed by atoms with Crippen LogP contribution in [-0.2, 0) is 0 Å². The fraction of sp³-hybridized carbons (Fsp3) is 0.250. The van der Waals surface area contributed by atoms with E-state index in [9.17, 15) is 0 Å². The van der Waals surface area contributed by atoms with Crippen LogP contribution in [0.3, 0.4) is 0 Å². The lowest BCUT2D eigenvalue weighted by Crippen LogP contribution is -2.68. The number of hydrogen-bond acceptors (Lipinski definition) is 4. The van der Waals surface area contributed by atoms with E-state index < -0.39 is 10.2 Å². The quantitative estimate of drug-likeness (QED) is 0.597. The van der Waals surface area contributed by atoms with Gasteiger partial charge in [-0.15, -0.1) is 10.2 Å². The molecule has 0 spiro atoms. The van der Waals surface area contributed by atoms with Crippen molar-refractivity contribution in [2.24, 2.45) is 0 Å². The number of aryl methyl sites for hydroxylation is 2. The summed E-state index contributed by atoms with van der Waals surface area (Å²) in [6.07, 6.45) is 0. The number of rotatable bonds is 2. The van der Waals surface area contributed by atoms with Crippen LogP contribution >= 0.6 is 0 Å². The summed E-state index contributed by atoms with van der Waals surface area (Å²) in [6, 6.07) is 20.2. The Morgan fingerprint density at radius 3 is 1.77 bits per heavy atom. The summed E-state index contributed by atoms with van der Waals surface area (Å²) >= 11 is 0. The van der Waals surface area contributed by atoms with Crippen molar-refractivity contribution in [2.45, 2.75) is 33.7 Å². The van der Waals surface area contributed by atoms with Gasteiger partial charge in [0.05, 0.1) is 0 Å². The number of nitrogens with zero attached hydrogens (tertiary/aromatic N) is 1. The highest BCUT2D eigenvalue weighted by Gasteiger charge is 2.18. The van der Waals surface area contributed by atoms with E-state index in [0.29, 0.717) is 6.04 Å².